The van der Waals surface area contributed by atoms with Gasteiger partial charge in [0.15, 0.2) is 0 Å². The monoisotopic (exact) mass is 294 g/mol. The number of hydrogen-bond acceptors (Lipinski definition) is 4. The minimum atomic E-state index is -0.0817. The smallest absolute Gasteiger partial charge is 0.246 e. The van der Waals surface area contributed by atoms with E-state index >= 15 is 0 Å². The van der Waals surface area contributed by atoms with E-state index in [1.54, 1.807) is 16.2 Å². The van der Waals surface area contributed by atoms with Gasteiger partial charge in [-0.3, -0.25) is 0 Å². The molecule has 0 N–H and O–H groups in total. The standard InChI is InChI=1S/C16H16N5O/c1-3-11-9-21-15(17-11)12-14(20(2)16(21)22)19-13(18-12)10-7-5-4-6-8-10/h4-8,11H,3,9H2,1-2H3/q+1. The molecule has 1 aromatic carbocycles. The van der Waals surface area contributed by atoms with Crippen molar-refractivity contribution in [3.05, 3.63) is 57.2 Å². The first-order valence-corrected chi connectivity index (χ1v) is 7.42. The van der Waals surface area contributed by atoms with E-state index in [2.05, 4.69) is 21.9 Å². The molecule has 2 aliphatic heterocycles. The predicted molar refractivity (Wildman–Crippen MR) is 80.9 cm³/mol. The average Bonchev–Trinajstić information content (AvgIpc) is 3.17. The van der Waals surface area contributed by atoms with Crippen LogP contribution >= 0.6 is 0 Å². The third-order valence-electron chi connectivity index (χ3n) is 4.15. The summed E-state index contributed by atoms with van der Waals surface area (Å²) >= 11 is 0. The van der Waals surface area contributed by atoms with Gasteiger partial charge in [0.2, 0.25) is 16.7 Å². The molecule has 3 heterocycles. The Labute approximate surface area is 126 Å². The number of fused-ring (bicyclic) bond motifs is 3. The Balaban J connectivity index is 2.00. The molecule has 110 valence electrons. The van der Waals surface area contributed by atoms with Gasteiger partial charge in [-0.25, -0.2) is 19.3 Å². The van der Waals surface area contributed by atoms with E-state index in [1.807, 2.05) is 30.3 Å². The Bertz CT molecular complexity index is 972. The molecule has 0 bridgehead atoms. The van der Waals surface area contributed by atoms with E-state index in [0.29, 0.717) is 29.0 Å². The average molecular weight is 294 g/mol. The zero-order valence-electron chi connectivity index (χ0n) is 12.5. The molecule has 0 spiro atoms. The first-order chi connectivity index (χ1) is 10.7. The molecule has 0 saturated carbocycles. The van der Waals surface area contributed by atoms with Gasteiger partial charge in [-0.15, -0.1) is 0 Å². The van der Waals surface area contributed by atoms with Crippen molar-refractivity contribution in [2.75, 3.05) is 0 Å². The molecular formula is C16H16N5O+. The van der Waals surface area contributed by atoms with Crippen LogP contribution in [0, 0.1) is 0 Å². The van der Waals surface area contributed by atoms with E-state index in [0.717, 1.165) is 12.0 Å². The molecule has 2 aliphatic rings. The molecule has 1 unspecified atom stereocenters. The lowest BCUT2D eigenvalue weighted by molar-refractivity contribution is -0.678. The van der Waals surface area contributed by atoms with Gasteiger partial charge >= 0.3 is 5.69 Å². The van der Waals surface area contributed by atoms with Crippen LogP contribution in [0.25, 0.3) is 0 Å². The molecule has 2 aromatic rings. The van der Waals surface area contributed by atoms with Gasteiger partial charge in [0.1, 0.15) is 0 Å². The number of hydrogen-bond donors (Lipinski definition) is 0. The van der Waals surface area contributed by atoms with Crippen LogP contribution in [0.5, 0.6) is 0 Å². The van der Waals surface area contributed by atoms with Gasteiger partial charge in [0.25, 0.3) is 5.82 Å². The summed E-state index contributed by atoms with van der Waals surface area (Å²) < 4.78 is 3.27. The van der Waals surface area contributed by atoms with Gasteiger partial charge < -0.3 is 0 Å². The van der Waals surface area contributed by atoms with Crippen molar-refractivity contribution >= 4 is 11.7 Å². The van der Waals surface area contributed by atoms with Crippen LogP contribution < -0.4 is 21.1 Å². The molecule has 1 aromatic heterocycles. The van der Waals surface area contributed by atoms with Crippen molar-refractivity contribution in [1.82, 2.24) is 4.57 Å². The van der Waals surface area contributed by atoms with Crippen LogP contribution in [-0.2, 0) is 13.6 Å². The van der Waals surface area contributed by atoms with Gasteiger partial charge in [-0.2, -0.15) is 4.57 Å². The normalized spacial score (nSPS) is 18.3. The van der Waals surface area contributed by atoms with Crippen LogP contribution in [0.15, 0.2) is 50.1 Å². The molecule has 0 fully saturated rings. The largest absolute Gasteiger partial charge is 0.444 e. The van der Waals surface area contributed by atoms with Crippen molar-refractivity contribution < 1.29 is 4.57 Å². The van der Waals surface area contributed by atoms with Crippen molar-refractivity contribution in [1.29, 1.82) is 0 Å². The van der Waals surface area contributed by atoms with Crippen LogP contribution in [-0.4, -0.2) is 16.4 Å². The number of aliphatic imine (C=N–C) groups is 1. The first kappa shape index (κ1) is 13.1. The molecule has 1 atom stereocenters. The van der Waals surface area contributed by atoms with Gasteiger partial charge in [0, 0.05) is 5.56 Å². The summed E-state index contributed by atoms with van der Waals surface area (Å²) in [4.78, 5) is 26.3. The molecule has 6 nitrogen and oxygen atoms in total. The number of amidine groups is 1. The fourth-order valence-corrected chi connectivity index (χ4v) is 2.86. The maximum atomic E-state index is 12.5. The summed E-state index contributed by atoms with van der Waals surface area (Å²) in [6, 6.07) is 9.93. The summed E-state index contributed by atoms with van der Waals surface area (Å²) in [6.07, 6.45) is 0.909. The molecule has 4 rings (SSSR count). The third-order valence-corrected chi connectivity index (χ3v) is 4.15. The number of benzene rings is 1. The number of nitrogens with zero attached hydrogens (tertiary/aromatic N) is 5. The van der Waals surface area contributed by atoms with Gasteiger partial charge in [0.05, 0.1) is 19.6 Å². The second-order valence-corrected chi connectivity index (χ2v) is 5.55. The zero-order valence-corrected chi connectivity index (χ0v) is 12.5. The Kier molecular flexibility index (Phi) is 2.79. The summed E-state index contributed by atoms with van der Waals surface area (Å²) in [5.74, 6) is 1.23. The van der Waals surface area contributed by atoms with Crippen LogP contribution in [0.3, 0.4) is 0 Å². The van der Waals surface area contributed by atoms with Crippen molar-refractivity contribution in [3.8, 4) is 0 Å². The highest BCUT2D eigenvalue weighted by Crippen LogP contribution is 2.11. The molecule has 0 radical (unpaired) electrons. The van der Waals surface area contributed by atoms with Crippen LogP contribution in [0.4, 0.5) is 5.82 Å². The minimum Gasteiger partial charge on any atom is -0.246 e. The summed E-state index contributed by atoms with van der Waals surface area (Å²) in [7, 11) is 1.74. The van der Waals surface area contributed by atoms with Crippen molar-refractivity contribution in [3.63, 3.8) is 0 Å². The maximum Gasteiger partial charge on any atom is 0.444 e. The second kappa shape index (κ2) is 4.69. The van der Waals surface area contributed by atoms with E-state index in [4.69, 9.17) is 0 Å². The lowest BCUT2D eigenvalue weighted by Crippen LogP contribution is -2.59. The highest BCUT2D eigenvalue weighted by atomic mass is 16.1. The lowest BCUT2D eigenvalue weighted by Gasteiger charge is -1.99. The van der Waals surface area contributed by atoms with E-state index in [9.17, 15) is 4.79 Å². The Morgan fingerprint density at radius 1 is 1.27 bits per heavy atom. The number of rotatable bonds is 2. The number of aromatic nitrogens is 2. The van der Waals surface area contributed by atoms with Gasteiger partial charge in [-0.05, 0) is 18.6 Å². The predicted octanol–water partition coefficient (Wildman–Crippen LogP) is -0.204. The maximum absolute atomic E-state index is 12.5. The zero-order chi connectivity index (χ0) is 15.3. The van der Waals surface area contributed by atoms with E-state index < -0.39 is 0 Å². The minimum absolute atomic E-state index is 0.0817. The quantitative estimate of drug-likeness (QED) is 0.707. The fraction of sp³-hybridized carbons (Fsp3) is 0.312. The molecule has 6 heteroatoms. The first-order valence-electron chi connectivity index (χ1n) is 7.42. The fourth-order valence-electron chi connectivity index (χ4n) is 2.86. The Morgan fingerprint density at radius 3 is 2.77 bits per heavy atom. The summed E-state index contributed by atoms with van der Waals surface area (Å²) in [5, 5.41) is 0.705. The highest BCUT2D eigenvalue weighted by molar-refractivity contribution is 6.02. The van der Waals surface area contributed by atoms with Crippen molar-refractivity contribution in [2.24, 2.45) is 22.0 Å². The van der Waals surface area contributed by atoms with E-state index in [1.165, 1.54) is 0 Å². The van der Waals surface area contributed by atoms with Gasteiger partial charge in [-0.1, -0.05) is 30.1 Å². The topological polar surface area (TPSA) is 63.0 Å². The molecule has 0 amide bonds. The molecule has 22 heavy (non-hydrogen) atoms. The highest BCUT2D eigenvalue weighted by Gasteiger charge is 2.30. The Morgan fingerprint density at radius 2 is 2.05 bits per heavy atom. The molecule has 0 saturated heterocycles. The van der Waals surface area contributed by atoms with Crippen LogP contribution in [0.1, 0.15) is 18.9 Å². The SMILES string of the molecule is CCC1Cn2c(c3c([n+](C)c2=O)N=C(c2ccccc2)N=3)=N1. The summed E-state index contributed by atoms with van der Waals surface area (Å²) in [6.45, 7) is 2.70. The lowest BCUT2D eigenvalue weighted by atomic mass is 10.2. The summed E-state index contributed by atoms with van der Waals surface area (Å²) in [5.41, 5.74) is 1.52. The molecular weight excluding hydrogens is 278 g/mol. The van der Waals surface area contributed by atoms with E-state index in [-0.39, 0.29) is 11.7 Å². The Hall–Kier alpha value is -2.63. The van der Waals surface area contributed by atoms with Crippen molar-refractivity contribution in [2.45, 2.75) is 25.9 Å². The second-order valence-electron chi connectivity index (χ2n) is 5.55. The van der Waals surface area contributed by atoms with Crippen LogP contribution in [0.2, 0.25) is 0 Å². The third kappa shape index (κ3) is 1.76. The molecule has 0 aliphatic carbocycles.